The molecular weight excluding hydrogens is 380 g/mol. The number of amides is 2. The highest BCUT2D eigenvalue weighted by molar-refractivity contribution is 6.32. The molecule has 0 N–H and O–H groups in total. The third-order valence-corrected chi connectivity index (χ3v) is 5.11. The second-order valence-electron chi connectivity index (χ2n) is 6.57. The van der Waals surface area contributed by atoms with Crippen LogP contribution in [0.25, 0.3) is 0 Å². The van der Waals surface area contributed by atoms with Gasteiger partial charge in [-0.2, -0.15) is 0 Å². The molecule has 0 saturated carbocycles. The molecule has 9 nitrogen and oxygen atoms in total. The Morgan fingerprint density at radius 2 is 1.86 bits per heavy atom. The van der Waals surface area contributed by atoms with E-state index < -0.39 is 23.8 Å². The summed E-state index contributed by atoms with van der Waals surface area (Å²) in [5, 5.41) is 4.03. The summed E-state index contributed by atoms with van der Waals surface area (Å²) in [5.41, 5.74) is 1.25. The maximum absolute atomic E-state index is 13.2. The van der Waals surface area contributed by atoms with Gasteiger partial charge < -0.3 is 23.8 Å². The van der Waals surface area contributed by atoms with E-state index in [1.165, 1.54) is 14.2 Å². The summed E-state index contributed by atoms with van der Waals surface area (Å²) in [5.74, 6) is 0.144. The molecule has 148 valence electrons. The van der Waals surface area contributed by atoms with Gasteiger partial charge in [0, 0.05) is 11.6 Å². The van der Waals surface area contributed by atoms with Gasteiger partial charge >= 0.3 is 0 Å². The topological polar surface area (TPSA) is 95.9 Å². The minimum absolute atomic E-state index is 0.0987. The fourth-order valence-corrected chi connectivity index (χ4v) is 3.77. The molecule has 1 saturated heterocycles. The number of rotatable bonds is 4. The first-order valence-electron chi connectivity index (χ1n) is 8.86. The number of carbonyl (C=O) groups is 2. The third kappa shape index (κ3) is 2.43. The van der Waals surface area contributed by atoms with Crippen LogP contribution in [-0.2, 0) is 14.4 Å². The van der Waals surface area contributed by atoms with Gasteiger partial charge in [0.1, 0.15) is 11.6 Å². The molecule has 9 heteroatoms. The van der Waals surface area contributed by atoms with Gasteiger partial charge in [-0.05, 0) is 24.3 Å². The lowest BCUT2D eigenvalue weighted by atomic mass is 9.93. The molecule has 0 radical (unpaired) electrons. The number of imide groups is 1. The standard InChI is InChI=1S/C20H16N2O7/c1-25-13-5-3-4-11(17(13)26-2)16-15-18(29-21-16)20(24)22(19(15)23)10-6-7-12-14(8-10)28-9-27-12/h3-8,15,18H,9H2,1-2H3/t15-,18-/m0/s1. The first-order valence-corrected chi connectivity index (χ1v) is 8.86. The lowest BCUT2D eigenvalue weighted by molar-refractivity contribution is -0.126. The van der Waals surface area contributed by atoms with E-state index in [0.29, 0.717) is 40.0 Å². The average Bonchev–Trinajstić information content (AvgIpc) is 3.44. The van der Waals surface area contributed by atoms with E-state index in [0.717, 1.165) is 4.90 Å². The Morgan fingerprint density at radius 3 is 2.66 bits per heavy atom. The van der Waals surface area contributed by atoms with Gasteiger partial charge in [0.15, 0.2) is 23.0 Å². The molecule has 3 aliphatic heterocycles. The van der Waals surface area contributed by atoms with Crippen molar-refractivity contribution in [1.82, 2.24) is 0 Å². The van der Waals surface area contributed by atoms with Crippen LogP contribution in [0.3, 0.4) is 0 Å². The quantitative estimate of drug-likeness (QED) is 0.726. The molecule has 0 aromatic heterocycles. The fraction of sp³-hybridized carbons (Fsp3) is 0.250. The van der Waals surface area contributed by atoms with E-state index in [1.807, 2.05) is 0 Å². The van der Waals surface area contributed by atoms with Crippen LogP contribution >= 0.6 is 0 Å². The van der Waals surface area contributed by atoms with Crippen LogP contribution in [0.5, 0.6) is 23.0 Å². The van der Waals surface area contributed by atoms with Gasteiger partial charge in [0.25, 0.3) is 5.91 Å². The molecule has 1 fully saturated rings. The summed E-state index contributed by atoms with van der Waals surface area (Å²) in [6, 6.07) is 10.1. The van der Waals surface area contributed by atoms with E-state index in [1.54, 1.807) is 36.4 Å². The van der Waals surface area contributed by atoms with Gasteiger partial charge in [-0.25, -0.2) is 4.90 Å². The van der Waals surface area contributed by atoms with Gasteiger partial charge in [0.05, 0.1) is 19.9 Å². The number of carbonyl (C=O) groups excluding carboxylic acids is 2. The van der Waals surface area contributed by atoms with Crippen LogP contribution in [0.2, 0.25) is 0 Å². The normalized spacial score (nSPS) is 21.7. The Labute approximate surface area is 165 Å². The Hall–Kier alpha value is -3.75. The van der Waals surface area contributed by atoms with E-state index >= 15 is 0 Å². The molecule has 3 heterocycles. The third-order valence-electron chi connectivity index (χ3n) is 5.11. The van der Waals surface area contributed by atoms with E-state index in [2.05, 4.69) is 5.16 Å². The maximum atomic E-state index is 13.2. The number of oxime groups is 1. The van der Waals surface area contributed by atoms with Crippen molar-refractivity contribution in [2.24, 2.45) is 11.1 Å². The average molecular weight is 396 g/mol. The highest BCUT2D eigenvalue weighted by Crippen LogP contribution is 2.42. The summed E-state index contributed by atoms with van der Waals surface area (Å²) in [7, 11) is 3.01. The van der Waals surface area contributed by atoms with Crippen LogP contribution < -0.4 is 23.8 Å². The van der Waals surface area contributed by atoms with Crippen molar-refractivity contribution in [2.45, 2.75) is 6.10 Å². The van der Waals surface area contributed by atoms with Crippen LogP contribution in [0.4, 0.5) is 5.69 Å². The molecule has 0 spiro atoms. The van der Waals surface area contributed by atoms with Crippen molar-refractivity contribution in [3.05, 3.63) is 42.0 Å². The van der Waals surface area contributed by atoms with Crippen molar-refractivity contribution in [1.29, 1.82) is 0 Å². The van der Waals surface area contributed by atoms with Crippen molar-refractivity contribution in [2.75, 3.05) is 25.9 Å². The number of anilines is 1. The first-order chi connectivity index (χ1) is 14.1. The largest absolute Gasteiger partial charge is 0.493 e. The summed E-state index contributed by atoms with van der Waals surface area (Å²) >= 11 is 0. The lowest BCUT2D eigenvalue weighted by Gasteiger charge is -2.17. The highest BCUT2D eigenvalue weighted by atomic mass is 16.7. The summed E-state index contributed by atoms with van der Waals surface area (Å²) in [6.45, 7) is 0.0987. The van der Waals surface area contributed by atoms with Gasteiger partial charge in [-0.15, -0.1) is 0 Å². The Bertz CT molecular complexity index is 1060. The molecule has 0 unspecified atom stereocenters. The zero-order chi connectivity index (χ0) is 20.1. The van der Waals surface area contributed by atoms with Crippen LogP contribution in [0.15, 0.2) is 41.6 Å². The Balaban J connectivity index is 1.53. The number of benzene rings is 2. The van der Waals surface area contributed by atoms with Crippen LogP contribution in [0, 0.1) is 5.92 Å². The van der Waals surface area contributed by atoms with E-state index in [-0.39, 0.29) is 6.79 Å². The van der Waals surface area contributed by atoms with Crippen LogP contribution in [-0.4, -0.2) is 44.6 Å². The molecule has 5 rings (SSSR count). The molecule has 2 atom stereocenters. The Morgan fingerprint density at radius 1 is 1.03 bits per heavy atom. The second-order valence-corrected chi connectivity index (χ2v) is 6.57. The molecule has 2 aromatic carbocycles. The number of hydrogen-bond acceptors (Lipinski definition) is 8. The Kier molecular flexibility index (Phi) is 3.83. The predicted octanol–water partition coefficient (Wildman–Crippen LogP) is 1.72. The number of ether oxygens (including phenoxy) is 4. The number of methoxy groups -OCH3 is 2. The molecule has 2 aromatic rings. The zero-order valence-electron chi connectivity index (χ0n) is 15.6. The van der Waals surface area contributed by atoms with E-state index in [9.17, 15) is 9.59 Å². The molecule has 2 amide bonds. The smallest absolute Gasteiger partial charge is 0.278 e. The summed E-state index contributed by atoms with van der Waals surface area (Å²) in [6.07, 6.45) is -1.03. The predicted molar refractivity (Wildman–Crippen MR) is 99.5 cm³/mol. The number of hydrogen-bond donors (Lipinski definition) is 0. The van der Waals surface area contributed by atoms with Gasteiger partial charge in [0.2, 0.25) is 18.8 Å². The van der Waals surface area contributed by atoms with Crippen molar-refractivity contribution >= 4 is 23.2 Å². The fourth-order valence-electron chi connectivity index (χ4n) is 3.77. The maximum Gasteiger partial charge on any atom is 0.278 e. The monoisotopic (exact) mass is 396 g/mol. The van der Waals surface area contributed by atoms with Crippen LogP contribution in [0.1, 0.15) is 5.56 Å². The molecule has 29 heavy (non-hydrogen) atoms. The number of nitrogens with zero attached hydrogens (tertiary/aromatic N) is 2. The molecular formula is C20H16N2O7. The lowest BCUT2D eigenvalue weighted by Crippen LogP contribution is -2.33. The zero-order valence-corrected chi connectivity index (χ0v) is 15.6. The molecule has 3 aliphatic rings. The highest BCUT2D eigenvalue weighted by Gasteiger charge is 2.56. The number of para-hydroxylation sites is 1. The van der Waals surface area contributed by atoms with Gasteiger partial charge in [-0.1, -0.05) is 11.2 Å². The molecule has 0 bridgehead atoms. The minimum atomic E-state index is -1.03. The summed E-state index contributed by atoms with van der Waals surface area (Å²) < 4.78 is 21.4. The SMILES string of the molecule is COc1cccc(C2=NO[C@@H]3C(=O)N(c4ccc5c(c4)OCO5)C(=O)[C@@H]23)c1OC. The second kappa shape index (κ2) is 6.40. The minimum Gasteiger partial charge on any atom is -0.493 e. The first kappa shape index (κ1) is 17.4. The van der Waals surface area contributed by atoms with E-state index in [4.69, 9.17) is 23.8 Å². The van der Waals surface area contributed by atoms with Crippen molar-refractivity contribution in [3.8, 4) is 23.0 Å². The van der Waals surface area contributed by atoms with Gasteiger partial charge in [-0.3, -0.25) is 9.59 Å². The number of fused-ring (bicyclic) bond motifs is 2. The summed E-state index contributed by atoms with van der Waals surface area (Å²) in [4.78, 5) is 32.6. The van der Waals surface area contributed by atoms with Crippen molar-refractivity contribution in [3.63, 3.8) is 0 Å². The molecule has 0 aliphatic carbocycles. The van der Waals surface area contributed by atoms with Crippen molar-refractivity contribution < 1.29 is 33.4 Å².